The van der Waals surface area contributed by atoms with E-state index < -0.39 is 11.7 Å². The molecular formula is C14H8F3N. The van der Waals surface area contributed by atoms with Gasteiger partial charge < -0.3 is 0 Å². The van der Waals surface area contributed by atoms with Crippen molar-refractivity contribution in [1.82, 2.24) is 4.98 Å². The normalized spacial score (nSPS) is 11.0. The second-order valence-corrected chi connectivity index (χ2v) is 3.69. The maximum atomic E-state index is 12.6. The van der Waals surface area contributed by atoms with Crippen molar-refractivity contribution < 1.29 is 13.2 Å². The van der Waals surface area contributed by atoms with Crippen LogP contribution in [-0.4, -0.2) is 4.98 Å². The van der Waals surface area contributed by atoms with Gasteiger partial charge in [-0.25, -0.2) is 0 Å². The highest BCUT2D eigenvalue weighted by atomic mass is 19.4. The fourth-order valence-electron chi connectivity index (χ4n) is 1.55. The van der Waals surface area contributed by atoms with Gasteiger partial charge in [0.15, 0.2) is 0 Å². The van der Waals surface area contributed by atoms with E-state index in [-0.39, 0.29) is 0 Å². The van der Waals surface area contributed by atoms with E-state index in [1.165, 1.54) is 18.5 Å². The molecule has 4 heteroatoms. The molecular weight excluding hydrogens is 239 g/mol. The molecule has 0 saturated carbocycles. The fourth-order valence-corrected chi connectivity index (χ4v) is 1.55. The number of benzene rings is 1. The average Bonchev–Trinajstić information content (AvgIpc) is 2.38. The second kappa shape index (κ2) is 4.53. The first-order chi connectivity index (χ1) is 8.50. The van der Waals surface area contributed by atoms with Gasteiger partial charge in [-0.1, -0.05) is 18.1 Å². The summed E-state index contributed by atoms with van der Waals surface area (Å²) >= 11 is 0. The smallest absolute Gasteiger partial charge is 0.263 e. The summed E-state index contributed by atoms with van der Waals surface area (Å²) in [7, 11) is 0. The number of rotatable bonds is 1. The molecule has 18 heavy (non-hydrogen) atoms. The SMILES string of the molecule is C#Cc1cncc(-c2cccc(C(F)(F)F)c2)c1. The number of nitrogens with zero attached hydrogens (tertiary/aromatic N) is 1. The molecule has 1 aromatic carbocycles. The summed E-state index contributed by atoms with van der Waals surface area (Å²) in [6.45, 7) is 0. The number of aromatic nitrogens is 1. The van der Waals surface area contributed by atoms with Crippen LogP contribution in [0, 0.1) is 12.3 Å². The molecule has 0 bridgehead atoms. The molecule has 1 heterocycles. The van der Waals surface area contributed by atoms with Crippen LogP contribution in [0.2, 0.25) is 0 Å². The predicted molar refractivity (Wildman–Crippen MR) is 62.6 cm³/mol. The molecule has 0 N–H and O–H groups in total. The Morgan fingerprint density at radius 3 is 2.50 bits per heavy atom. The number of alkyl halides is 3. The lowest BCUT2D eigenvalue weighted by Gasteiger charge is -2.08. The number of halogens is 3. The molecule has 2 rings (SSSR count). The molecule has 0 saturated heterocycles. The summed E-state index contributed by atoms with van der Waals surface area (Å²) < 4.78 is 37.7. The third-order valence-corrected chi connectivity index (χ3v) is 2.43. The van der Waals surface area contributed by atoms with Crippen molar-refractivity contribution in [3.8, 4) is 23.5 Å². The van der Waals surface area contributed by atoms with Gasteiger partial charge >= 0.3 is 6.18 Å². The average molecular weight is 247 g/mol. The predicted octanol–water partition coefficient (Wildman–Crippen LogP) is 3.75. The van der Waals surface area contributed by atoms with Gasteiger partial charge in [-0.3, -0.25) is 4.98 Å². The third-order valence-electron chi connectivity index (χ3n) is 2.43. The standard InChI is InChI=1S/C14H8F3N/c1-2-10-6-12(9-18-8-10)11-4-3-5-13(7-11)14(15,16)17/h1,3-9H. The van der Waals surface area contributed by atoms with Gasteiger partial charge in [0.1, 0.15) is 0 Å². The van der Waals surface area contributed by atoms with Gasteiger partial charge in [-0.2, -0.15) is 13.2 Å². The van der Waals surface area contributed by atoms with Crippen molar-refractivity contribution in [1.29, 1.82) is 0 Å². The molecule has 0 radical (unpaired) electrons. The first kappa shape index (κ1) is 12.2. The van der Waals surface area contributed by atoms with Gasteiger partial charge in [0.25, 0.3) is 0 Å². The number of hydrogen-bond acceptors (Lipinski definition) is 1. The van der Waals surface area contributed by atoms with Crippen LogP contribution >= 0.6 is 0 Å². The first-order valence-corrected chi connectivity index (χ1v) is 5.10. The summed E-state index contributed by atoms with van der Waals surface area (Å²) in [6, 6.07) is 6.69. The molecule has 0 amide bonds. The second-order valence-electron chi connectivity index (χ2n) is 3.69. The van der Waals surface area contributed by atoms with Gasteiger partial charge in [0.2, 0.25) is 0 Å². The van der Waals surface area contributed by atoms with Crippen LogP contribution in [-0.2, 0) is 6.18 Å². The van der Waals surface area contributed by atoms with Gasteiger partial charge in [0.05, 0.1) is 5.56 Å². The van der Waals surface area contributed by atoms with Gasteiger partial charge in [0, 0.05) is 23.5 Å². The van der Waals surface area contributed by atoms with Gasteiger partial charge in [-0.15, -0.1) is 6.42 Å². The minimum Gasteiger partial charge on any atom is -0.263 e. The van der Waals surface area contributed by atoms with E-state index in [1.54, 1.807) is 12.1 Å². The maximum absolute atomic E-state index is 12.6. The zero-order valence-electron chi connectivity index (χ0n) is 9.20. The van der Waals surface area contributed by atoms with Crippen LogP contribution in [0.3, 0.4) is 0 Å². The van der Waals surface area contributed by atoms with Crippen LogP contribution in [0.4, 0.5) is 13.2 Å². The highest BCUT2D eigenvalue weighted by molar-refractivity contribution is 5.65. The lowest BCUT2D eigenvalue weighted by molar-refractivity contribution is -0.137. The van der Waals surface area contributed by atoms with Crippen LogP contribution in [0.15, 0.2) is 42.7 Å². The number of terminal acetylenes is 1. The Morgan fingerprint density at radius 2 is 1.83 bits per heavy atom. The van der Waals surface area contributed by atoms with Crippen molar-refractivity contribution in [3.63, 3.8) is 0 Å². The monoisotopic (exact) mass is 247 g/mol. The van der Waals surface area contributed by atoms with Crippen molar-refractivity contribution in [2.24, 2.45) is 0 Å². The van der Waals surface area contributed by atoms with Crippen molar-refractivity contribution in [2.45, 2.75) is 6.18 Å². The summed E-state index contributed by atoms with van der Waals surface area (Å²) in [5.41, 5.74) is 0.849. The highest BCUT2D eigenvalue weighted by Crippen LogP contribution is 2.32. The van der Waals surface area contributed by atoms with Crippen LogP contribution in [0.5, 0.6) is 0 Å². The Labute approximate surface area is 102 Å². The zero-order chi connectivity index (χ0) is 13.2. The molecule has 90 valence electrons. The minimum atomic E-state index is -4.35. The van der Waals surface area contributed by atoms with E-state index in [9.17, 15) is 13.2 Å². The van der Waals surface area contributed by atoms with Crippen molar-refractivity contribution in [3.05, 3.63) is 53.9 Å². The molecule has 0 aliphatic heterocycles. The molecule has 2 aromatic rings. The molecule has 0 spiro atoms. The van der Waals surface area contributed by atoms with E-state index in [0.29, 0.717) is 16.7 Å². The zero-order valence-corrected chi connectivity index (χ0v) is 9.20. The molecule has 1 nitrogen and oxygen atoms in total. The van der Waals surface area contributed by atoms with Crippen LogP contribution in [0.25, 0.3) is 11.1 Å². The summed E-state index contributed by atoms with van der Waals surface area (Å²) in [5.74, 6) is 2.40. The fraction of sp³-hybridized carbons (Fsp3) is 0.0714. The lowest BCUT2D eigenvalue weighted by Crippen LogP contribution is -2.04. The summed E-state index contributed by atoms with van der Waals surface area (Å²) in [6.07, 6.45) is 3.84. The Bertz CT molecular complexity index is 609. The van der Waals surface area contributed by atoms with Crippen molar-refractivity contribution in [2.75, 3.05) is 0 Å². The number of hydrogen-bond donors (Lipinski definition) is 0. The van der Waals surface area contributed by atoms with E-state index in [4.69, 9.17) is 6.42 Å². The summed E-state index contributed by atoms with van der Waals surface area (Å²) in [5, 5.41) is 0. The Morgan fingerprint density at radius 1 is 1.06 bits per heavy atom. The van der Waals surface area contributed by atoms with Crippen molar-refractivity contribution >= 4 is 0 Å². The Kier molecular flexibility index (Phi) is 3.07. The largest absolute Gasteiger partial charge is 0.416 e. The molecule has 0 unspecified atom stereocenters. The van der Waals surface area contributed by atoms with Crippen LogP contribution < -0.4 is 0 Å². The van der Waals surface area contributed by atoms with E-state index in [0.717, 1.165) is 12.1 Å². The maximum Gasteiger partial charge on any atom is 0.416 e. The third kappa shape index (κ3) is 2.51. The Balaban J connectivity index is 2.48. The molecule has 0 aliphatic rings. The first-order valence-electron chi connectivity index (χ1n) is 5.10. The summed E-state index contributed by atoms with van der Waals surface area (Å²) in [4.78, 5) is 3.90. The van der Waals surface area contributed by atoms with E-state index in [2.05, 4.69) is 10.9 Å². The highest BCUT2D eigenvalue weighted by Gasteiger charge is 2.30. The molecule has 0 aliphatic carbocycles. The minimum absolute atomic E-state index is 0.439. The number of pyridine rings is 1. The quantitative estimate of drug-likeness (QED) is 0.699. The molecule has 0 atom stereocenters. The lowest BCUT2D eigenvalue weighted by atomic mass is 10.0. The molecule has 1 aromatic heterocycles. The van der Waals surface area contributed by atoms with E-state index >= 15 is 0 Å². The van der Waals surface area contributed by atoms with Gasteiger partial charge in [-0.05, 0) is 23.8 Å². The Hall–Kier alpha value is -2.28. The van der Waals surface area contributed by atoms with E-state index in [1.807, 2.05) is 0 Å². The molecule has 0 fully saturated rings. The topological polar surface area (TPSA) is 12.9 Å². The van der Waals surface area contributed by atoms with Crippen LogP contribution in [0.1, 0.15) is 11.1 Å².